The van der Waals surface area contributed by atoms with E-state index >= 15 is 0 Å². The zero-order chi connectivity index (χ0) is 35.1. The summed E-state index contributed by atoms with van der Waals surface area (Å²) >= 11 is 0. The number of carbonyl (C=O) groups is 3. The molecule has 5 aliphatic carbocycles. The Balaban J connectivity index is 1.24. The molecule has 1 amide bonds. The van der Waals surface area contributed by atoms with E-state index in [1.807, 2.05) is 13.8 Å². The molecule has 0 bridgehead atoms. The fourth-order valence-corrected chi connectivity index (χ4v) is 14.2. The predicted molar refractivity (Wildman–Crippen MR) is 190 cm³/mol. The first-order valence-corrected chi connectivity index (χ1v) is 19.6. The molecule has 270 valence electrons. The molecule has 6 rings (SSSR count). The van der Waals surface area contributed by atoms with Gasteiger partial charge in [-0.25, -0.2) is 0 Å². The Morgan fingerprint density at radius 3 is 2.17 bits per heavy atom. The second-order valence-corrected chi connectivity index (χ2v) is 20.1. The second-order valence-electron chi connectivity index (χ2n) is 20.1. The zero-order valence-electron chi connectivity index (χ0n) is 31.7. The lowest BCUT2D eigenvalue weighted by Crippen LogP contribution is -2.67. The summed E-state index contributed by atoms with van der Waals surface area (Å²) in [7, 11) is 0. The highest BCUT2D eigenvalue weighted by Gasteiger charge is 2.71. The minimum absolute atomic E-state index is 0.0409. The normalized spacial score (nSPS) is 43.4. The average molecular weight is 666 g/mol. The van der Waals surface area contributed by atoms with E-state index in [1.54, 1.807) is 0 Å². The first-order chi connectivity index (χ1) is 22.3. The third kappa shape index (κ3) is 5.60. The largest absolute Gasteiger partial charge is 0.481 e. The van der Waals surface area contributed by atoms with Crippen molar-refractivity contribution in [1.29, 1.82) is 0 Å². The summed E-state index contributed by atoms with van der Waals surface area (Å²) in [6, 6.07) is 0. The Morgan fingerprint density at radius 2 is 1.52 bits per heavy atom. The summed E-state index contributed by atoms with van der Waals surface area (Å²) in [5.74, 6) is 2.09. The smallest absolute Gasteiger partial charge is 0.306 e. The minimum Gasteiger partial charge on any atom is -0.481 e. The second kappa shape index (κ2) is 12.1. The van der Waals surface area contributed by atoms with Crippen molar-refractivity contribution in [3.8, 4) is 0 Å². The average Bonchev–Trinajstić information content (AvgIpc) is 3.63. The van der Waals surface area contributed by atoms with E-state index in [0.29, 0.717) is 35.5 Å². The molecule has 5 saturated carbocycles. The molecule has 6 fully saturated rings. The first kappa shape index (κ1) is 36.0. The number of carboxylic acid groups (broad SMARTS) is 1. The van der Waals surface area contributed by atoms with Crippen LogP contribution >= 0.6 is 0 Å². The van der Waals surface area contributed by atoms with Gasteiger partial charge in [0, 0.05) is 24.9 Å². The van der Waals surface area contributed by atoms with Crippen molar-refractivity contribution in [2.45, 2.75) is 158 Å². The van der Waals surface area contributed by atoms with Crippen molar-refractivity contribution in [2.75, 3.05) is 13.1 Å². The summed E-state index contributed by atoms with van der Waals surface area (Å²) in [5.41, 5.74) is 1.33. The van der Waals surface area contributed by atoms with E-state index in [4.69, 9.17) is 4.74 Å². The van der Waals surface area contributed by atoms with Gasteiger partial charge in [-0.15, -0.1) is 0 Å². The number of carbonyl (C=O) groups excluding carboxylic acids is 2. The van der Waals surface area contributed by atoms with Gasteiger partial charge in [-0.1, -0.05) is 60.6 Å². The molecule has 1 aliphatic heterocycles. The fraction of sp³-hybridized carbons (Fsp3) is 0.881. The van der Waals surface area contributed by atoms with Gasteiger partial charge in [-0.05, 0) is 141 Å². The number of amides is 1. The summed E-state index contributed by atoms with van der Waals surface area (Å²) < 4.78 is 6.27. The van der Waals surface area contributed by atoms with Crippen LogP contribution in [-0.2, 0) is 19.1 Å². The Labute approximate surface area is 291 Å². The molecule has 6 heteroatoms. The van der Waals surface area contributed by atoms with E-state index in [-0.39, 0.29) is 52.0 Å². The number of allylic oxidation sites excluding steroid dienone is 1. The summed E-state index contributed by atoms with van der Waals surface area (Å²) in [6.07, 6.45) is 14.6. The highest BCUT2D eigenvalue weighted by atomic mass is 16.5. The molecule has 6 aliphatic rings. The van der Waals surface area contributed by atoms with E-state index < -0.39 is 11.4 Å². The van der Waals surface area contributed by atoms with Gasteiger partial charge >= 0.3 is 11.9 Å². The van der Waals surface area contributed by atoms with E-state index in [1.165, 1.54) is 50.5 Å². The van der Waals surface area contributed by atoms with E-state index in [2.05, 4.69) is 53.0 Å². The monoisotopic (exact) mass is 666 g/mol. The number of carboxylic acids is 1. The van der Waals surface area contributed by atoms with Crippen LogP contribution in [0.3, 0.4) is 0 Å². The Kier molecular flexibility index (Phi) is 9.09. The molecule has 0 spiro atoms. The van der Waals surface area contributed by atoms with Crippen molar-refractivity contribution in [3.05, 3.63) is 12.2 Å². The highest BCUT2D eigenvalue weighted by molar-refractivity contribution is 5.77. The summed E-state index contributed by atoms with van der Waals surface area (Å²) in [6.45, 7) is 25.0. The number of nitrogens with zero attached hydrogens (tertiary/aromatic N) is 1. The number of ether oxygens (including phenoxy) is 1. The number of fused-ring (bicyclic) bond motifs is 7. The van der Waals surface area contributed by atoms with Gasteiger partial charge in [0.15, 0.2) is 0 Å². The lowest BCUT2D eigenvalue weighted by molar-refractivity contribution is -0.250. The molecular weight excluding hydrogens is 598 g/mol. The van der Waals surface area contributed by atoms with Crippen molar-refractivity contribution in [3.63, 3.8) is 0 Å². The van der Waals surface area contributed by atoms with Crippen LogP contribution in [0.2, 0.25) is 0 Å². The van der Waals surface area contributed by atoms with Crippen molar-refractivity contribution in [2.24, 2.45) is 62.1 Å². The molecule has 0 aromatic heterocycles. The van der Waals surface area contributed by atoms with Crippen molar-refractivity contribution < 1.29 is 24.2 Å². The van der Waals surface area contributed by atoms with Crippen LogP contribution in [0.4, 0.5) is 0 Å². The van der Waals surface area contributed by atoms with Crippen LogP contribution in [0.15, 0.2) is 12.2 Å². The third-order valence-corrected chi connectivity index (χ3v) is 16.7. The Morgan fingerprint density at radius 1 is 0.833 bits per heavy atom. The first-order valence-electron chi connectivity index (χ1n) is 19.6. The van der Waals surface area contributed by atoms with Gasteiger partial charge in [0.25, 0.3) is 0 Å². The van der Waals surface area contributed by atoms with Gasteiger partial charge < -0.3 is 14.7 Å². The van der Waals surface area contributed by atoms with Crippen LogP contribution < -0.4 is 0 Å². The van der Waals surface area contributed by atoms with Crippen molar-refractivity contribution in [1.82, 2.24) is 4.90 Å². The third-order valence-electron chi connectivity index (χ3n) is 16.7. The lowest BCUT2D eigenvalue weighted by Gasteiger charge is -2.73. The maximum absolute atomic E-state index is 13.8. The number of esters is 1. The molecule has 48 heavy (non-hydrogen) atoms. The molecule has 0 radical (unpaired) electrons. The molecule has 1 unspecified atom stereocenters. The highest BCUT2D eigenvalue weighted by Crippen LogP contribution is 2.78. The molecule has 0 aromatic carbocycles. The molecule has 1 heterocycles. The maximum Gasteiger partial charge on any atom is 0.306 e. The molecule has 1 N–H and O–H groups in total. The number of likely N-dealkylation sites (tertiary alicyclic amines) is 1. The zero-order valence-corrected chi connectivity index (χ0v) is 31.7. The Hall–Kier alpha value is -1.85. The standard InChI is InChI=1S/C42H67NO5/c1-27(2)28-14-19-42(24-33(44)43-22-10-11-23-43)21-20-40(8)29(36(28)42)12-13-31-39(7)17-16-32(38(5,6)30(39)15-18-41(31,40)9)48-35(47)26-37(3,4)25-34(45)46/h28-32,36H,1,10-26H2,2-9H3,(H,45,46)/t28-,29+,30?,31+,32-,36+,39-,40+,41+,42+/m0/s1. The fourth-order valence-electron chi connectivity index (χ4n) is 14.2. The van der Waals surface area contributed by atoms with Crippen LogP contribution in [0.1, 0.15) is 152 Å². The van der Waals surface area contributed by atoms with Crippen LogP contribution in [0.25, 0.3) is 0 Å². The van der Waals surface area contributed by atoms with Gasteiger partial charge in [-0.2, -0.15) is 0 Å². The van der Waals surface area contributed by atoms with Gasteiger partial charge in [-0.3, -0.25) is 14.4 Å². The summed E-state index contributed by atoms with van der Waals surface area (Å²) in [5, 5.41) is 9.33. The van der Waals surface area contributed by atoms with Gasteiger partial charge in [0.1, 0.15) is 6.10 Å². The number of hydrogen-bond donors (Lipinski definition) is 1. The topological polar surface area (TPSA) is 83.9 Å². The summed E-state index contributed by atoms with van der Waals surface area (Å²) in [4.78, 5) is 40.5. The Bertz CT molecular complexity index is 1310. The minimum atomic E-state index is -0.877. The van der Waals surface area contributed by atoms with Crippen LogP contribution in [0, 0.1) is 62.1 Å². The van der Waals surface area contributed by atoms with Crippen molar-refractivity contribution >= 4 is 17.8 Å². The molecule has 6 nitrogen and oxygen atoms in total. The SMILES string of the molecule is C=C(C)[C@@H]1CC[C@]2(CC(=O)N3CCCC3)CC[C@]3(C)[C@H](CC[C@@H]4[C@@]5(C)CC[C@H](OC(=O)CC(C)(C)CC(=O)O)C(C)(C)C5CC[C@]43C)[C@@H]12. The maximum atomic E-state index is 13.8. The van der Waals surface area contributed by atoms with Gasteiger partial charge in [0.05, 0.1) is 12.8 Å². The lowest BCUT2D eigenvalue weighted by atomic mass is 9.32. The quantitative estimate of drug-likeness (QED) is 0.206. The number of rotatable bonds is 8. The molecule has 1 saturated heterocycles. The predicted octanol–water partition coefficient (Wildman–Crippen LogP) is 9.46. The molecular formula is C42H67NO5. The number of hydrogen-bond acceptors (Lipinski definition) is 4. The van der Waals surface area contributed by atoms with Crippen LogP contribution in [0.5, 0.6) is 0 Å². The molecule has 10 atom stereocenters. The van der Waals surface area contributed by atoms with E-state index in [0.717, 1.165) is 51.6 Å². The molecule has 0 aromatic rings. The van der Waals surface area contributed by atoms with E-state index in [9.17, 15) is 19.5 Å². The van der Waals surface area contributed by atoms with Crippen LogP contribution in [-0.4, -0.2) is 47.0 Å². The van der Waals surface area contributed by atoms with Gasteiger partial charge in [0.2, 0.25) is 5.91 Å². The number of aliphatic carboxylic acids is 1.